The molecule has 7 heteroatoms. The summed E-state index contributed by atoms with van der Waals surface area (Å²) < 4.78 is 27.8. The summed E-state index contributed by atoms with van der Waals surface area (Å²) in [6.07, 6.45) is 1.68. The second kappa shape index (κ2) is 8.27. The van der Waals surface area contributed by atoms with Gasteiger partial charge in [-0.3, -0.25) is 0 Å². The molecule has 3 rings (SSSR count). The molecule has 0 saturated heterocycles. The molecule has 1 heterocycles. The molecule has 0 bridgehead atoms. The number of rotatable bonds is 5. The molecule has 4 nitrogen and oxygen atoms in total. The minimum atomic E-state index is -3.76. The lowest BCUT2D eigenvalue weighted by atomic mass is 10.1. The number of hydrogen-bond acceptors (Lipinski definition) is 3. The maximum absolute atomic E-state index is 13.2. The van der Waals surface area contributed by atoms with E-state index in [9.17, 15) is 8.42 Å². The average Bonchev–Trinajstić information content (AvgIpc) is 2.93. The Bertz CT molecular complexity index is 1000. The lowest BCUT2D eigenvalue weighted by molar-refractivity contribution is 0.588. The summed E-state index contributed by atoms with van der Waals surface area (Å²) in [6.45, 7) is 2.53. The minimum Gasteiger partial charge on any atom is -0.316 e. The van der Waals surface area contributed by atoms with Crippen molar-refractivity contribution >= 4 is 34.0 Å². The zero-order chi connectivity index (χ0) is 18.0. The van der Waals surface area contributed by atoms with Crippen LogP contribution < -0.4 is 5.32 Å². The van der Waals surface area contributed by atoms with Gasteiger partial charge in [-0.25, -0.2) is 12.4 Å². The van der Waals surface area contributed by atoms with Gasteiger partial charge in [-0.05, 0) is 48.9 Å². The van der Waals surface area contributed by atoms with Gasteiger partial charge in [0.25, 0.3) is 10.0 Å². The molecule has 0 aliphatic carbocycles. The summed E-state index contributed by atoms with van der Waals surface area (Å²) in [5, 5.41) is 3.48. The molecule has 2 aromatic carbocycles. The van der Waals surface area contributed by atoms with E-state index in [1.807, 2.05) is 44.3 Å². The number of benzene rings is 2. The Hall–Kier alpha value is -1.79. The van der Waals surface area contributed by atoms with Crippen molar-refractivity contribution in [3.8, 4) is 11.3 Å². The van der Waals surface area contributed by atoms with Crippen molar-refractivity contribution in [1.29, 1.82) is 0 Å². The summed E-state index contributed by atoms with van der Waals surface area (Å²) in [6, 6.07) is 15.9. The number of nitrogens with one attached hydrogen (secondary N) is 1. The van der Waals surface area contributed by atoms with Crippen LogP contribution in [0.25, 0.3) is 11.3 Å². The van der Waals surface area contributed by atoms with Crippen LogP contribution in [-0.4, -0.2) is 19.4 Å². The maximum Gasteiger partial charge on any atom is 0.268 e. The smallest absolute Gasteiger partial charge is 0.268 e. The van der Waals surface area contributed by atoms with Crippen molar-refractivity contribution < 1.29 is 8.42 Å². The van der Waals surface area contributed by atoms with Crippen LogP contribution in [0.2, 0.25) is 5.02 Å². The van der Waals surface area contributed by atoms with E-state index >= 15 is 0 Å². The Kier molecular flexibility index (Phi) is 6.53. The van der Waals surface area contributed by atoms with Gasteiger partial charge in [-0.1, -0.05) is 48.0 Å². The number of nitrogens with zero attached hydrogens (tertiary/aromatic N) is 1. The first-order chi connectivity index (χ1) is 11.9. The maximum atomic E-state index is 13.2. The van der Waals surface area contributed by atoms with Crippen LogP contribution in [0.15, 0.2) is 65.7 Å². The molecule has 0 atom stereocenters. The third-order valence-corrected chi connectivity index (χ3v) is 5.99. The van der Waals surface area contributed by atoms with Gasteiger partial charge < -0.3 is 5.32 Å². The van der Waals surface area contributed by atoms with Crippen LogP contribution in [0, 0.1) is 6.92 Å². The molecule has 0 radical (unpaired) electrons. The molecular weight excluding hydrogens is 391 g/mol. The Morgan fingerprint density at radius 2 is 1.77 bits per heavy atom. The fourth-order valence-electron chi connectivity index (χ4n) is 2.86. The van der Waals surface area contributed by atoms with E-state index < -0.39 is 10.0 Å². The topological polar surface area (TPSA) is 51.1 Å². The molecule has 26 heavy (non-hydrogen) atoms. The SMILES string of the molecule is CNCc1cn(S(=O)(=O)c2cccc(Cl)c2)c(-c2ccccc2)c1C.Cl. The third-order valence-electron chi connectivity index (χ3n) is 4.10. The van der Waals surface area contributed by atoms with Gasteiger partial charge in [0, 0.05) is 17.8 Å². The van der Waals surface area contributed by atoms with E-state index in [1.54, 1.807) is 24.4 Å². The summed E-state index contributed by atoms with van der Waals surface area (Å²) in [7, 11) is -1.92. The first-order valence-electron chi connectivity index (χ1n) is 7.87. The van der Waals surface area contributed by atoms with Crippen LogP contribution in [0.1, 0.15) is 11.1 Å². The number of aromatic nitrogens is 1. The molecule has 138 valence electrons. The second-order valence-corrected chi connectivity index (χ2v) is 8.03. The highest BCUT2D eigenvalue weighted by atomic mass is 35.5. The van der Waals surface area contributed by atoms with E-state index in [0.717, 1.165) is 16.7 Å². The summed E-state index contributed by atoms with van der Waals surface area (Å²) in [4.78, 5) is 0.170. The number of halogens is 2. The predicted octanol–water partition coefficient (Wildman–Crippen LogP) is 4.50. The monoisotopic (exact) mass is 410 g/mol. The highest BCUT2D eigenvalue weighted by Gasteiger charge is 2.24. The van der Waals surface area contributed by atoms with Gasteiger partial charge >= 0.3 is 0 Å². The fourth-order valence-corrected chi connectivity index (χ4v) is 4.62. The minimum absolute atomic E-state index is 0. The van der Waals surface area contributed by atoms with E-state index in [0.29, 0.717) is 17.3 Å². The van der Waals surface area contributed by atoms with Gasteiger partial charge in [0.15, 0.2) is 0 Å². The Morgan fingerprint density at radius 1 is 1.08 bits per heavy atom. The first-order valence-corrected chi connectivity index (χ1v) is 9.69. The van der Waals surface area contributed by atoms with Gasteiger partial charge in [0.2, 0.25) is 0 Å². The number of hydrogen-bond donors (Lipinski definition) is 1. The molecule has 1 aromatic heterocycles. The van der Waals surface area contributed by atoms with Crippen LogP contribution in [0.5, 0.6) is 0 Å². The highest BCUT2D eigenvalue weighted by molar-refractivity contribution is 7.90. The molecule has 0 aliphatic heterocycles. The van der Waals surface area contributed by atoms with Gasteiger partial charge in [0.1, 0.15) is 0 Å². The second-order valence-electron chi connectivity index (χ2n) is 5.78. The van der Waals surface area contributed by atoms with Crippen molar-refractivity contribution in [2.24, 2.45) is 0 Å². The molecular formula is C19H20Cl2N2O2S. The molecule has 0 amide bonds. The predicted molar refractivity (Wildman–Crippen MR) is 109 cm³/mol. The summed E-state index contributed by atoms with van der Waals surface area (Å²) in [5.74, 6) is 0. The average molecular weight is 411 g/mol. The highest BCUT2D eigenvalue weighted by Crippen LogP contribution is 2.31. The van der Waals surface area contributed by atoms with Crippen molar-refractivity contribution in [3.63, 3.8) is 0 Å². The first kappa shape index (κ1) is 20.5. The lowest BCUT2D eigenvalue weighted by Gasteiger charge is -2.12. The van der Waals surface area contributed by atoms with Crippen LogP contribution in [0.3, 0.4) is 0 Å². The molecule has 3 aromatic rings. The van der Waals surface area contributed by atoms with E-state index in [1.165, 1.54) is 10.0 Å². The Labute approximate surface area is 165 Å². The molecule has 0 spiro atoms. The normalized spacial score (nSPS) is 11.2. The molecule has 0 fully saturated rings. The molecule has 0 aliphatic rings. The third kappa shape index (κ3) is 3.81. The van der Waals surface area contributed by atoms with Crippen molar-refractivity contribution in [1.82, 2.24) is 9.29 Å². The summed E-state index contributed by atoms with van der Waals surface area (Å²) >= 11 is 6.00. The molecule has 0 saturated carbocycles. The fraction of sp³-hybridized carbons (Fsp3) is 0.158. The standard InChI is InChI=1S/C19H19ClN2O2S.ClH/c1-14-16(12-21-2)13-22(19(14)15-7-4-3-5-8-15)25(23,24)18-10-6-9-17(20)11-18;/h3-11,13,21H,12H2,1-2H3;1H. The van der Waals surface area contributed by atoms with Crippen molar-refractivity contribution in [3.05, 3.63) is 76.9 Å². The Balaban J connectivity index is 0.00000243. The zero-order valence-electron chi connectivity index (χ0n) is 14.4. The van der Waals surface area contributed by atoms with Gasteiger partial charge in [0.05, 0.1) is 10.6 Å². The van der Waals surface area contributed by atoms with E-state index in [2.05, 4.69) is 5.32 Å². The quantitative estimate of drug-likeness (QED) is 0.673. The van der Waals surface area contributed by atoms with Crippen molar-refractivity contribution in [2.75, 3.05) is 7.05 Å². The zero-order valence-corrected chi connectivity index (χ0v) is 16.8. The largest absolute Gasteiger partial charge is 0.316 e. The van der Waals surface area contributed by atoms with Crippen LogP contribution >= 0.6 is 24.0 Å². The van der Waals surface area contributed by atoms with Gasteiger partial charge in [-0.15, -0.1) is 12.4 Å². The molecule has 0 unspecified atom stereocenters. The van der Waals surface area contributed by atoms with Gasteiger partial charge in [-0.2, -0.15) is 0 Å². The lowest BCUT2D eigenvalue weighted by Crippen LogP contribution is -2.13. The van der Waals surface area contributed by atoms with Crippen LogP contribution in [0.4, 0.5) is 0 Å². The Morgan fingerprint density at radius 3 is 2.38 bits per heavy atom. The van der Waals surface area contributed by atoms with Crippen LogP contribution in [-0.2, 0) is 16.6 Å². The van der Waals surface area contributed by atoms with E-state index in [-0.39, 0.29) is 17.3 Å². The summed E-state index contributed by atoms with van der Waals surface area (Å²) in [5.41, 5.74) is 3.40. The van der Waals surface area contributed by atoms with Crippen molar-refractivity contribution in [2.45, 2.75) is 18.4 Å². The van der Waals surface area contributed by atoms with E-state index in [4.69, 9.17) is 11.6 Å². The molecule has 1 N–H and O–H groups in total.